The third-order valence-corrected chi connectivity index (χ3v) is 3.07. The summed E-state index contributed by atoms with van der Waals surface area (Å²) in [6.45, 7) is 0.122. The molecule has 1 aromatic carbocycles. The number of amides is 2. The maximum absolute atomic E-state index is 11.1. The first-order chi connectivity index (χ1) is 8.34. The number of likely N-dealkylation sites (N-methyl/N-ethyl adjacent to an activating group) is 1. The fraction of sp³-hybridized carbons (Fsp3) is 0.200. The molecule has 0 radical (unpaired) electrons. The van der Waals surface area contributed by atoms with Crippen LogP contribution in [0.3, 0.4) is 0 Å². The molecule has 98 valence electrons. The lowest BCUT2D eigenvalue weighted by atomic mass is 10.2. The first-order valence-corrected chi connectivity index (χ1v) is 6.51. The van der Waals surface area contributed by atoms with E-state index in [1.807, 2.05) is 0 Å². The Hall–Kier alpha value is -1.93. The van der Waals surface area contributed by atoms with Crippen molar-refractivity contribution >= 4 is 21.8 Å². The topological polar surface area (TPSA) is 118 Å². The zero-order valence-corrected chi connectivity index (χ0v) is 10.5. The highest BCUT2D eigenvalue weighted by Crippen LogP contribution is 2.08. The average Bonchev–Trinajstić information content (AvgIpc) is 2.34. The summed E-state index contributed by atoms with van der Waals surface area (Å²) < 4.78 is 22.0. The fourth-order valence-electron chi connectivity index (χ4n) is 1.17. The van der Waals surface area contributed by atoms with Crippen LogP contribution in [-0.4, -0.2) is 27.3 Å². The van der Waals surface area contributed by atoms with Crippen molar-refractivity contribution in [1.29, 1.82) is 0 Å². The molecule has 2 amide bonds. The number of primary sulfonamides is 1. The van der Waals surface area contributed by atoms with Crippen molar-refractivity contribution in [1.82, 2.24) is 10.6 Å². The summed E-state index contributed by atoms with van der Waals surface area (Å²) in [6.07, 6.45) is 0. The molecule has 0 bridgehead atoms. The Morgan fingerprint density at radius 3 is 2.17 bits per heavy atom. The fourth-order valence-corrected chi connectivity index (χ4v) is 1.69. The van der Waals surface area contributed by atoms with Gasteiger partial charge in [-0.05, 0) is 17.7 Å². The van der Waals surface area contributed by atoms with Crippen molar-refractivity contribution in [2.45, 2.75) is 11.4 Å². The second-order valence-electron chi connectivity index (χ2n) is 3.45. The Bertz CT molecular complexity index is 551. The standard InChI is InChI=1S/C10H13N3O4S/c1-12-9(14)10(15)13-6-7-2-4-8(5-3-7)18(11,16)17/h2-5H,6H2,1H3,(H,12,14)(H,13,15)(H2,11,16,17). The van der Waals surface area contributed by atoms with Crippen LogP contribution in [0.2, 0.25) is 0 Å². The van der Waals surface area contributed by atoms with Crippen LogP contribution in [0.15, 0.2) is 29.2 Å². The monoisotopic (exact) mass is 271 g/mol. The van der Waals surface area contributed by atoms with Crippen molar-refractivity contribution in [3.05, 3.63) is 29.8 Å². The van der Waals surface area contributed by atoms with Gasteiger partial charge >= 0.3 is 11.8 Å². The third kappa shape index (κ3) is 3.82. The third-order valence-electron chi connectivity index (χ3n) is 2.14. The molecule has 0 aliphatic carbocycles. The van der Waals surface area contributed by atoms with Crippen LogP contribution in [-0.2, 0) is 26.2 Å². The summed E-state index contributed by atoms with van der Waals surface area (Å²) in [7, 11) is -2.37. The van der Waals surface area contributed by atoms with Crippen molar-refractivity contribution in [3.8, 4) is 0 Å². The zero-order chi connectivity index (χ0) is 13.8. The molecule has 0 atom stereocenters. The van der Waals surface area contributed by atoms with Crippen molar-refractivity contribution in [3.63, 3.8) is 0 Å². The van der Waals surface area contributed by atoms with E-state index < -0.39 is 21.8 Å². The lowest BCUT2D eigenvalue weighted by Crippen LogP contribution is -2.37. The lowest BCUT2D eigenvalue weighted by molar-refractivity contribution is -0.139. The summed E-state index contributed by atoms with van der Waals surface area (Å²) in [5, 5.41) is 9.50. The van der Waals surface area contributed by atoms with Gasteiger partial charge in [0.2, 0.25) is 10.0 Å². The van der Waals surface area contributed by atoms with E-state index in [1.54, 1.807) is 0 Å². The molecule has 0 aliphatic heterocycles. The number of hydrogen-bond donors (Lipinski definition) is 3. The summed E-state index contributed by atoms with van der Waals surface area (Å²) in [6, 6.07) is 5.67. The molecule has 0 aliphatic rings. The van der Waals surface area contributed by atoms with Gasteiger partial charge in [-0.15, -0.1) is 0 Å². The molecule has 1 rings (SSSR count). The van der Waals surface area contributed by atoms with Gasteiger partial charge in [-0.1, -0.05) is 12.1 Å². The molecule has 0 saturated carbocycles. The molecule has 0 unspecified atom stereocenters. The molecular formula is C10H13N3O4S. The Morgan fingerprint density at radius 1 is 1.17 bits per heavy atom. The highest BCUT2D eigenvalue weighted by atomic mass is 32.2. The van der Waals surface area contributed by atoms with Gasteiger partial charge in [0.15, 0.2) is 0 Å². The van der Waals surface area contributed by atoms with Crippen molar-refractivity contribution < 1.29 is 18.0 Å². The van der Waals surface area contributed by atoms with Crippen molar-refractivity contribution in [2.75, 3.05) is 7.05 Å². The quantitative estimate of drug-likeness (QED) is 0.592. The van der Waals surface area contributed by atoms with Gasteiger partial charge in [0.25, 0.3) is 0 Å². The molecule has 0 fully saturated rings. The normalized spacial score (nSPS) is 10.8. The van der Waals surface area contributed by atoms with Gasteiger partial charge < -0.3 is 10.6 Å². The molecule has 8 heteroatoms. The van der Waals surface area contributed by atoms with Crippen LogP contribution in [0.4, 0.5) is 0 Å². The summed E-state index contributed by atoms with van der Waals surface area (Å²) in [5.74, 6) is -1.50. The molecule has 0 aromatic heterocycles. The van der Waals surface area contributed by atoms with Gasteiger partial charge in [-0.2, -0.15) is 0 Å². The second-order valence-corrected chi connectivity index (χ2v) is 5.01. The number of benzene rings is 1. The van der Waals surface area contributed by atoms with E-state index in [-0.39, 0.29) is 11.4 Å². The number of hydrogen-bond acceptors (Lipinski definition) is 4. The summed E-state index contributed by atoms with van der Waals surface area (Å²) in [4.78, 5) is 22.0. The molecule has 0 heterocycles. The molecule has 0 spiro atoms. The van der Waals surface area contributed by atoms with Crippen LogP contribution < -0.4 is 15.8 Å². The Balaban J connectivity index is 2.66. The van der Waals surface area contributed by atoms with E-state index in [9.17, 15) is 18.0 Å². The number of rotatable bonds is 3. The zero-order valence-electron chi connectivity index (χ0n) is 9.64. The van der Waals surface area contributed by atoms with Gasteiger partial charge in [-0.25, -0.2) is 13.6 Å². The summed E-state index contributed by atoms with van der Waals surface area (Å²) in [5.41, 5.74) is 0.652. The van der Waals surface area contributed by atoms with Gasteiger partial charge in [0, 0.05) is 13.6 Å². The molecule has 1 aromatic rings. The van der Waals surface area contributed by atoms with E-state index in [2.05, 4.69) is 10.6 Å². The van der Waals surface area contributed by atoms with Crippen LogP contribution in [0, 0.1) is 0 Å². The van der Waals surface area contributed by atoms with Crippen LogP contribution in [0.25, 0.3) is 0 Å². The van der Waals surface area contributed by atoms with Gasteiger partial charge in [0.1, 0.15) is 0 Å². The predicted molar refractivity (Wildman–Crippen MR) is 63.7 cm³/mol. The minimum atomic E-state index is -3.72. The van der Waals surface area contributed by atoms with E-state index >= 15 is 0 Å². The molecule has 7 nitrogen and oxygen atoms in total. The second kappa shape index (κ2) is 5.61. The minimum absolute atomic E-state index is 0.0103. The van der Waals surface area contributed by atoms with Crippen LogP contribution in [0.1, 0.15) is 5.56 Å². The molecule has 0 saturated heterocycles. The van der Waals surface area contributed by atoms with Crippen molar-refractivity contribution in [2.24, 2.45) is 5.14 Å². The summed E-state index contributed by atoms with van der Waals surface area (Å²) >= 11 is 0. The Labute approximate surface area is 104 Å². The predicted octanol–water partition coefficient (Wildman–Crippen LogP) is -1.30. The van der Waals surface area contributed by atoms with Gasteiger partial charge in [0.05, 0.1) is 4.90 Å². The Morgan fingerprint density at radius 2 is 1.72 bits per heavy atom. The maximum Gasteiger partial charge on any atom is 0.309 e. The first-order valence-electron chi connectivity index (χ1n) is 4.96. The first kappa shape index (κ1) is 14.1. The highest BCUT2D eigenvalue weighted by Gasteiger charge is 2.11. The number of carbonyl (C=O) groups excluding carboxylic acids is 2. The average molecular weight is 271 g/mol. The van der Waals surface area contributed by atoms with E-state index in [4.69, 9.17) is 5.14 Å². The molecule has 4 N–H and O–H groups in total. The lowest BCUT2D eigenvalue weighted by Gasteiger charge is -2.05. The van der Waals surface area contributed by atoms with Crippen LogP contribution in [0.5, 0.6) is 0 Å². The number of nitrogens with two attached hydrogens (primary N) is 1. The van der Waals surface area contributed by atoms with E-state index in [0.29, 0.717) is 5.56 Å². The molecular weight excluding hydrogens is 258 g/mol. The van der Waals surface area contributed by atoms with E-state index in [1.165, 1.54) is 31.3 Å². The molecule has 18 heavy (non-hydrogen) atoms. The Kier molecular flexibility index (Phi) is 4.40. The van der Waals surface area contributed by atoms with Gasteiger partial charge in [-0.3, -0.25) is 9.59 Å². The minimum Gasteiger partial charge on any atom is -0.351 e. The maximum atomic E-state index is 11.1. The smallest absolute Gasteiger partial charge is 0.309 e. The van der Waals surface area contributed by atoms with E-state index in [0.717, 1.165) is 0 Å². The largest absolute Gasteiger partial charge is 0.351 e. The number of carbonyl (C=O) groups is 2. The number of nitrogens with one attached hydrogen (secondary N) is 2. The SMILES string of the molecule is CNC(=O)C(=O)NCc1ccc(S(N)(=O)=O)cc1. The van der Waals surface area contributed by atoms with Crippen LogP contribution >= 0.6 is 0 Å². The highest BCUT2D eigenvalue weighted by molar-refractivity contribution is 7.89. The number of sulfonamides is 1.